The summed E-state index contributed by atoms with van der Waals surface area (Å²) in [5.41, 5.74) is 6.97. The standard InChI is InChI=1S/C20H21N3OS/c1-12-8-13(2)19(14(3)9-12)20-23(18(24)11-25-20)10-17-21-15-6-4-5-7-16(15)22-17/h4-9,20H,10-11H2,1-3H3,(H,21,22). The molecule has 3 aromatic rings. The predicted molar refractivity (Wildman–Crippen MR) is 102 cm³/mol. The molecule has 1 N–H and O–H groups in total. The molecule has 0 saturated carbocycles. The van der Waals surface area contributed by atoms with Crippen molar-refractivity contribution in [2.24, 2.45) is 0 Å². The first-order valence-electron chi connectivity index (χ1n) is 8.45. The SMILES string of the molecule is Cc1cc(C)c(C2SCC(=O)N2Cc2nc3ccccc3[nH]2)c(C)c1. The summed E-state index contributed by atoms with van der Waals surface area (Å²) < 4.78 is 0. The Morgan fingerprint density at radius 2 is 1.92 bits per heavy atom. The van der Waals surface area contributed by atoms with Gasteiger partial charge in [0.25, 0.3) is 0 Å². The van der Waals surface area contributed by atoms with Gasteiger partial charge in [0.05, 0.1) is 23.3 Å². The third-order valence-corrected chi connectivity index (χ3v) is 5.93. The van der Waals surface area contributed by atoms with Crippen molar-refractivity contribution in [1.29, 1.82) is 0 Å². The van der Waals surface area contributed by atoms with Gasteiger partial charge in [0, 0.05) is 0 Å². The van der Waals surface area contributed by atoms with Crippen molar-refractivity contribution in [1.82, 2.24) is 14.9 Å². The number of hydrogen-bond acceptors (Lipinski definition) is 3. The molecule has 1 aromatic heterocycles. The van der Waals surface area contributed by atoms with E-state index in [1.165, 1.54) is 22.3 Å². The number of nitrogens with zero attached hydrogens (tertiary/aromatic N) is 2. The lowest BCUT2D eigenvalue weighted by molar-refractivity contribution is -0.128. The number of para-hydroxylation sites is 2. The minimum Gasteiger partial charge on any atom is -0.340 e. The van der Waals surface area contributed by atoms with Crippen LogP contribution in [0.25, 0.3) is 11.0 Å². The first-order valence-corrected chi connectivity index (χ1v) is 9.50. The van der Waals surface area contributed by atoms with Gasteiger partial charge in [0.1, 0.15) is 11.2 Å². The minimum atomic E-state index is 0.0568. The summed E-state index contributed by atoms with van der Waals surface area (Å²) in [4.78, 5) is 22.5. The lowest BCUT2D eigenvalue weighted by atomic mass is 9.99. The van der Waals surface area contributed by atoms with E-state index >= 15 is 0 Å². The Morgan fingerprint density at radius 1 is 1.20 bits per heavy atom. The average molecular weight is 351 g/mol. The summed E-state index contributed by atoms with van der Waals surface area (Å²) in [5, 5.41) is 0.0568. The summed E-state index contributed by atoms with van der Waals surface area (Å²) >= 11 is 1.71. The maximum Gasteiger partial charge on any atom is 0.234 e. The highest BCUT2D eigenvalue weighted by Gasteiger charge is 2.35. The molecule has 1 amide bonds. The minimum absolute atomic E-state index is 0.0568. The quantitative estimate of drug-likeness (QED) is 0.767. The van der Waals surface area contributed by atoms with Gasteiger partial charge in [0.15, 0.2) is 0 Å². The van der Waals surface area contributed by atoms with E-state index in [4.69, 9.17) is 0 Å². The molecule has 0 aliphatic carbocycles. The number of carbonyl (C=O) groups is 1. The zero-order valence-corrected chi connectivity index (χ0v) is 15.5. The number of hydrogen-bond donors (Lipinski definition) is 1. The monoisotopic (exact) mass is 351 g/mol. The topological polar surface area (TPSA) is 49.0 Å². The van der Waals surface area contributed by atoms with Gasteiger partial charge in [-0.15, -0.1) is 11.8 Å². The number of carbonyl (C=O) groups excluding carboxylic acids is 1. The average Bonchev–Trinajstić information content (AvgIpc) is 3.11. The van der Waals surface area contributed by atoms with Crippen molar-refractivity contribution < 1.29 is 4.79 Å². The van der Waals surface area contributed by atoms with Gasteiger partial charge >= 0.3 is 0 Å². The van der Waals surface area contributed by atoms with Crippen LogP contribution in [-0.2, 0) is 11.3 Å². The van der Waals surface area contributed by atoms with Crippen LogP contribution in [0.4, 0.5) is 0 Å². The van der Waals surface area contributed by atoms with Crippen molar-refractivity contribution >= 4 is 28.7 Å². The molecule has 128 valence electrons. The summed E-state index contributed by atoms with van der Waals surface area (Å²) in [6.07, 6.45) is 0. The molecule has 0 radical (unpaired) electrons. The van der Waals surface area contributed by atoms with E-state index in [1.54, 1.807) is 11.8 Å². The molecule has 1 saturated heterocycles. The Labute approximate surface area is 151 Å². The molecule has 4 rings (SSSR count). The van der Waals surface area contributed by atoms with Crippen LogP contribution in [0.15, 0.2) is 36.4 Å². The van der Waals surface area contributed by atoms with Crippen LogP contribution < -0.4 is 0 Å². The highest BCUT2D eigenvalue weighted by molar-refractivity contribution is 8.00. The lowest BCUT2D eigenvalue weighted by Gasteiger charge is -2.26. The third kappa shape index (κ3) is 2.93. The number of H-pyrrole nitrogens is 1. The Balaban J connectivity index is 1.68. The molecule has 5 heteroatoms. The van der Waals surface area contributed by atoms with E-state index in [-0.39, 0.29) is 11.3 Å². The zero-order chi connectivity index (χ0) is 17.6. The third-order valence-electron chi connectivity index (χ3n) is 4.71. The van der Waals surface area contributed by atoms with E-state index in [2.05, 4.69) is 42.9 Å². The molecule has 1 unspecified atom stereocenters. The number of aromatic amines is 1. The Kier molecular flexibility index (Phi) is 4.04. The number of amides is 1. The van der Waals surface area contributed by atoms with Crippen molar-refractivity contribution in [3.63, 3.8) is 0 Å². The highest BCUT2D eigenvalue weighted by Crippen LogP contribution is 2.42. The molecule has 25 heavy (non-hydrogen) atoms. The van der Waals surface area contributed by atoms with Crippen LogP contribution >= 0.6 is 11.8 Å². The van der Waals surface area contributed by atoms with Gasteiger partial charge in [-0.2, -0.15) is 0 Å². The first kappa shape index (κ1) is 16.2. The summed E-state index contributed by atoms with van der Waals surface area (Å²) in [7, 11) is 0. The molecule has 2 aromatic carbocycles. The Hall–Kier alpha value is -2.27. The number of rotatable bonds is 3. The summed E-state index contributed by atoms with van der Waals surface area (Å²) in [5.74, 6) is 1.54. The van der Waals surface area contributed by atoms with Crippen LogP contribution in [0.2, 0.25) is 0 Å². The fourth-order valence-corrected chi connectivity index (χ4v) is 5.06. The number of nitrogens with one attached hydrogen (secondary N) is 1. The van der Waals surface area contributed by atoms with Gasteiger partial charge in [0.2, 0.25) is 5.91 Å². The van der Waals surface area contributed by atoms with Gasteiger partial charge in [-0.1, -0.05) is 29.8 Å². The van der Waals surface area contributed by atoms with Crippen LogP contribution in [0.3, 0.4) is 0 Å². The molecule has 0 bridgehead atoms. The second kappa shape index (κ2) is 6.23. The smallest absolute Gasteiger partial charge is 0.234 e. The second-order valence-corrected chi connectivity index (χ2v) is 7.77. The molecule has 1 aliphatic heterocycles. The van der Waals surface area contributed by atoms with Gasteiger partial charge < -0.3 is 9.88 Å². The Bertz CT molecular complexity index is 906. The van der Waals surface area contributed by atoms with E-state index in [0.29, 0.717) is 12.3 Å². The van der Waals surface area contributed by atoms with E-state index in [9.17, 15) is 4.79 Å². The number of thioether (sulfide) groups is 1. The number of fused-ring (bicyclic) bond motifs is 1. The maximum atomic E-state index is 12.5. The fraction of sp³-hybridized carbons (Fsp3) is 0.300. The summed E-state index contributed by atoms with van der Waals surface area (Å²) in [6, 6.07) is 12.4. The molecule has 1 atom stereocenters. The van der Waals surface area contributed by atoms with Gasteiger partial charge in [-0.05, 0) is 49.6 Å². The van der Waals surface area contributed by atoms with Crippen LogP contribution in [0.1, 0.15) is 33.5 Å². The molecule has 0 spiro atoms. The van der Waals surface area contributed by atoms with Crippen molar-refractivity contribution in [2.45, 2.75) is 32.7 Å². The molecule has 1 fully saturated rings. The molecular weight excluding hydrogens is 330 g/mol. The largest absolute Gasteiger partial charge is 0.340 e. The second-order valence-electron chi connectivity index (χ2n) is 6.70. The number of aryl methyl sites for hydroxylation is 3. The molecule has 4 nitrogen and oxygen atoms in total. The van der Waals surface area contributed by atoms with E-state index in [0.717, 1.165) is 16.9 Å². The van der Waals surface area contributed by atoms with Crippen LogP contribution in [0.5, 0.6) is 0 Å². The number of benzene rings is 2. The lowest BCUT2D eigenvalue weighted by Crippen LogP contribution is -2.29. The maximum absolute atomic E-state index is 12.5. The number of imidazole rings is 1. The predicted octanol–water partition coefficient (Wildman–Crippen LogP) is 4.26. The van der Waals surface area contributed by atoms with Crippen molar-refractivity contribution in [2.75, 3.05) is 5.75 Å². The normalized spacial score (nSPS) is 17.6. The first-order chi connectivity index (χ1) is 12.0. The summed E-state index contributed by atoms with van der Waals surface area (Å²) in [6.45, 7) is 6.90. The molecule has 1 aliphatic rings. The molecular formula is C20H21N3OS. The fourth-order valence-electron chi connectivity index (χ4n) is 3.69. The van der Waals surface area contributed by atoms with E-state index in [1.807, 2.05) is 29.2 Å². The Morgan fingerprint density at radius 3 is 2.64 bits per heavy atom. The van der Waals surface area contributed by atoms with Crippen LogP contribution in [-0.4, -0.2) is 26.5 Å². The van der Waals surface area contributed by atoms with Crippen molar-refractivity contribution in [3.8, 4) is 0 Å². The van der Waals surface area contributed by atoms with Gasteiger partial charge in [-0.25, -0.2) is 4.98 Å². The van der Waals surface area contributed by atoms with Crippen LogP contribution in [0, 0.1) is 20.8 Å². The number of aromatic nitrogens is 2. The van der Waals surface area contributed by atoms with Gasteiger partial charge in [-0.3, -0.25) is 4.79 Å². The zero-order valence-electron chi connectivity index (χ0n) is 14.7. The molecule has 2 heterocycles. The highest BCUT2D eigenvalue weighted by atomic mass is 32.2. The van der Waals surface area contributed by atoms with E-state index < -0.39 is 0 Å². The van der Waals surface area contributed by atoms with Crippen molar-refractivity contribution in [3.05, 3.63) is 64.5 Å².